The molecule has 0 fully saturated rings. The van der Waals surface area contributed by atoms with E-state index in [-0.39, 0.29) is 17.9 Å². The zero-order valence-electron chi connectivity index (χ0n) is 31.6. The molecule has 0 N–H and O–H groups in total. The van der Waals surface area contributed by atoms with Crippen molar-refractivity contribution in [3.63, 3.8) is 0 Å². The highest BCUT2D eigenvalue weighted by Crippen LogP contribution is 2.65. The summed E-state index contributed by atoms with van der Waals surface area (Å²) in [7, 11) is 0. The second-order valence-corrected chi connectivity index (χ2v) is 18.0. The third-order valence-corrected chi connectivity index (χ3v) is 15.4. The minimum Gasteiger partial charge on any atom is -0.333 e. The van der Waals surface area contributed by atoms with Gasteiger partial charge in [0.1, 0.15) is 5.65 Å². The van der Waals surface area contributed by atoms with Crippen LogP contribution >= 0.6 is 11.8 Å². The Balaban J connectivity index is 0.958. The van der Waals surface area contributed by atoms with E-state index in [1.54, 1.807) is 16.7 Å². The van der Waals surface area contributed by atoms with Crippen molar-refractivity contribution in [1.82, 2.24) is 9.38 Å². The summed E-state index contributed by atoms with van der Waals surface area (Å²) in [6.45, 7) is 0. The number of fused-ring (bicyclic) bond motifs is 15. The summed E-state index contributed by atoms with van der Waals surface area (Å²) in [4.78, 5) is 9.18. The standard InChI is InChI=1S/C53H41N3S/c1-2-13-35-33(12-1)30-44(39-17-4-3-14-36(35)39)42-20-11-21-43-49-47(57-53(42)43)28-27-46-51(49)50-40-18-7-5-15-37(40)38-16-6-8-19-41(38)52(50)56(46)34-25-23-32(24-26-34)45-31-55-29-10-9-22-48(55)54-45/h2-11,13-23,25-29,31-33,43,50,52-53H,1,12,24,30H2. The molecule has 7 aliphatic rings. The molecule has 6 aromatic rings. The molecule has 3 nitrogen and oxygen atoms in total. The molecule has 0 amide bonds. The van der Waals surface area contributed by atoms with Crippen molar-refractivity contribution in [3.8, 4) is 11.1 Å². The summed E-state index contributed by atoms with van der Waals surface area (Å²) in [6.07, 6.45) is 28.2. The van der Waals surface area contributed by atoms with Crippen molar-refractivity contribution >= 4 is 34.2 Å². The van der Waals surface area contributed by atoms with Crippen LogP contribution in [-0.2, 0) is 0 Å². The Morgan fingerprint density at radius 3 is 2.46 bits per heavy atom. The van der Waals surface area contributed by atoms with Gasteiger partial charge in [-0.1, -0.05) is 121 Å². The third kappa shape index (κ3) is 4.65. The summed E-state index contributed by atoms with van der Waals surface area (Å²) < 4.78 is 2.14. The molecule has 13 rings (SSSR count). The SMILES string of the molecule is C1=CC2c3c(ccc4c3C3c5ccccc5-c5ccccc5C3N4C3=CCC(c4cn5ccccc5n4)C=C3)SC2C(C2=c3ccccc3=C3C=CCCC3C2)=C1. The lowest BCUT2D eigenvalue weighted by Crippen LogP contribution is -2.37. The zero-order chi connectivity index (χ0) is 37.2. The monoisotopic (exact) mass is 751 g/mol. The number of pyridine rings is 1. The highest BCUT2D eigenvalue weighted by atomic mass is 32.2. The molecule has 2 aromatic heterocycles. The molecule has 0 saturated carbocycles. The summed E-state index contributed by atoms with van der Waals surface area (Å²) >= 11 is 2.12. The Bertz CT molecular complexity index is 2980. The molecular formula is C53H41N3S. The number of aromatic nitrogens is 2. The van der Waals surface area contributed by atoms with E-state index in [2.05, 4.69) is 185 Å². The van der Waals surface area contributed by atoms with Gasteiger partial charge in [-0.15, -0.1) is 11.8 Å². The number of anilines is 1. The van der Waals surface area contributed by atoms with Gasteiger partial charge in [0.25, 0.3) is 0 Å². The van der Waals surface area contributed by atoms with E-state index in [1.807, 2.05) is 0 Å². The smallest absolute Gasteiger partial charge is 0.136 e. The van der Waals surface area contributed by atoms with Crippen LogP contribution in [0.1, 0.15) is 77.4 Å². The van der Waals surface area contributed by atoms with Crippen LogP contribution in [0.4, 0.5) is 5.69 Å². The molecule has 5 aliphatic carbocycles. The second-order valence-electron chi connectivity index (χ2n) is 16.8. The van der Waals surface area contributed by atoms with E-state index >= 15 is 0 Å². The van der Waals surface area contributed by atoms with Crippen LogP contribution in [0.3, 0.4) is 0 Å². The Morgan fingerprint density at radius 2 is 1.58 bits per heavy atom. The van der Waals surface area contributed by atoms with Gasteiger partial charge in [0.15, 0.2) is 0 Å². The van der Waals surface area contributed by atoms with Gasteiger partial charge in [-0.3, -0.25) is 0 Å². The van der Waals surface area contributed by atoms with E-state index in [9.17, 15) is 0 Å². The summed E-state index contributed by atoms with van der Waals surface area (Å²) in [5.74, 6) is 1.39. The van der Waals surface area contributed by atoms with Crippen molar-refractivity contribution in [2.45, 2.75) is 59.6 Å². The van der Waals surface area contributed by atoms with E-state index in [4.69, 9.17) is 4.98 Å². The summed E-state index contributed by atoms with van der Waals surface area (Å²) in [5, 5.41) is 3.25. The fourth-order valence-corrected chi connectivity index (χ4v) is 13.1. The molecule has 2 aliphatic heterocycles. The largest absolute Gasteiger partial charge is 0.333 e. The molecule has 0 saturated heterocycles. The minimum atomic E-state index is 0.166. The second kappa shape index (κ2) is 12.3. The maximum atomic E-state index is 5.01. The Hall–Kier alpha value is -5.84. The van der Waals surface area contributed by atoms with Crippen LogP contribution < -0.4 is 15.3 Å². The molecule has 0 spiro atoms. The van der Waals surface area contributed by atoms with Crippen LogP contribution in [0.5, 0.6) is 0 Å². The molecule has 6 atom stereocenters. The lowest BCUT2D eigenvalue weighted by atomic mass is 9.71. The first-order chi connectivity index (χ1) is 28.3. The molecule has 57 heavy (non-hydrogen) atoms. The number of hydrogen-bond donors (Lipinski definition) is 0. The van der Waals surface area contributed by atoms with Crippen molar-refractivity contribution in [2.24, 2.45) is 5.92 Å². The first-order valence-electron chi connectivity index (χ1n) is 20.8. The van der Waals surface area contributed by atoms with E-state index in [0.717, 1.165) is 24.2 Å². The predicted molar refractivity (Wildman–Crippen MR) is 234 cm³/mol. The predicted octanol–water partition coefficient (Wildman–Crippen LogP) is 11.1. The first-order valence-corrected chi connectivity index (χ1v) is 21.7. The molecule has 6 unspecified atom stereocenters. The third-order valence-electron chi connectivity index (χ3n) is 14.0. The van der Waals surface area contributed by atoms with Crippen molar-refractivity contribution in [2.75, 3.05) is 4.90 Å². The number of benzene rings is 4. The maximum Gasteiger partial charge on any atom is 0.136 e. The van der Waals surface area contributed by atoms with Gasteiger partial charge in [0, 0.05) is 51.7 Å². The maximum absolute atomic E-state index is 5.01. The number of hydrogen-bond acceptors (Lipinski definition) is 3. The highest BCUT2D eigenvalue weighted by molar-refractivity contribution is 8.00. The van der Waals surface area contributed by atoms with Gasteiger partial charge >= 0.3 is 0 Å². The molecule has 274 valence electrons. The molecule has 4 heteroatoms. The molecule has 0 bridgehead atoms. The Morgan fingerprint density at radius 1 is 0.754 bits per heavy atom. The van der Waals surface area contributed by atoms with E-state index in [0.29, 0.717) is 17.1 Å². The fourth-order valence-electron chi connectivity index (χ4n) is 11.6. The van der Waals surface area contributed by atoms with Crippen molar-refractivity contribution in [3.05, 3.63) is 214 Å². The Kier molecular flexibility index (Phi) is 6.98. The van der Waals surface area contributed by atoms with Gasteiger partial charge in [-0.25, -0.2) is 4.98 Å². The normalized spacial score (nSPS) is 25.8. The molecule has 4 heterocycles. The Labute approximate surface area is 337 Å². The average Bonchev–Trinajstić information content (AvgIpc) is 3.99. The number of allylic oxidation sites excluding steroid dienone is 8. The lowest BCUT2D eigenvalue weighted by Gasteiger charge is -2.38. The van der Waals surface area contributed by atoms with E-state index in [1.165, 1.54) is 72.9 Å². The van der Waals surface area contributed by atoms with Crippen molar-refractivity contribution < 1.29 is 0 Å². The van der Waals surface area contributed by atoms with Crippen LogP contribution in [0.25, 0.3) is 27.9 Å². The number of nitrogens with zero attached hydrogens (tertiary/aromatic N) is 3. The van der Waals surface area contributed by atoms with Crippen LogP contribution in [0, 0.1) is 5.92 Å². The van der Waals surface area contributed by atoms with Gasteiger partial charge in [0.2, 0.25) is 0 Å². The quantitative estimate of drug-likeness (QED) is 0.180. The zero-order valence-corrected chi connectivity index (χ0v) is 32.4. The van der Waals surface area contributed by atoms with Crippen LogP contribution in [0.15, 0.2) is 180 Å². The van der Waals surface area contributed by atoms with Gasteiger partial charge < -0.3 is 9.30 Å². The highest BCUT2D eigenvalue weighted by Gasteiger charge is 2.50. The first kappa shape index (κ1) is 32.3. The van der Waals surface area contributed by atoms with Gasteiger partial charge in [-0.05, 0) is 122 Å². The van der Waals surface area contributed by atoms with E-state index < -0.39 is 0 Å². The molecular weight excluding hydrogens is 711 g/mol. The number of imidazole rings is 1. The minimum absolute atomic E-state index is 0.166. The van der Waals surface area contributed by atoms with Crippen molar-refractivity contribution in [1.29, 1.82) is 0 Å². The topological polar surface area (TPSA) is 20.5 Å². The summed E-state index contributed by atoms with van der Waals surface area (Å²) in [6, 6.07) is 39.0. The van der Waals surface area contributed by atoms with Crippen LogP contribution in [0.2, 0.25) is 0 Å². The fraction of sp³-hybridized carbons (Fsp3) is 0.189. The van der Waals surface area contributed by atoms with Gasteiger partial charge in [0.05, 0.1) is 11.7 Å². The average molecular weight is 752 g/mol. The lowest BCUT2D eigenvalue weighted by molar-refractivity contribution is 0.609. The number of rotatable bonds is 3. The molecule has 0 radical (unpaired) electrons. The molecule has 4 aromatic carbocycles. The van der Waals surface area contributed by atoms with Gasteiger partial charge in [-0.2, -0.15) is 0 Å². The number of thioether (sulfide) groups is 1. The van der Waals surface area contributed by atoms with Crippen LogP contribution in [-0.4, -0.2) is 14.6 Å². The summed E-state index contributed by atoms with van der Waals surface area (Å²) in [5.41, 5.74) is 18.2.